The van der Waals surface area contributed by atoms with Crippen molar-refractivity contribution < 1.29 is 4.74 Å². The summed E-state index contributed by atoms with van der Waals surface area (Å²) in [6.45, 7) is 3.26. The highest BCUT2D eigenvalue weighted by Gasteiger charge is 2.05. The van der Waals surface area contributed by atoms with Gasteiger partial charge in [-0.25, -0.2) is 0 Å². The zero-order chi connectivity index (χ0) is 14.2. The van der Waals surface area contributed by atoms with Gasteiger partial charge in [0, 0.05) is 23.8 Å². The number of nitrogens with one attached hydrogen (secondary N) is 1. The number of unbranched alkanes of at least 4 members (excludes halogenated alkanes) is 4. The second-order valence-electron chi connectivity index (χ2n) is 5.06. The molecular formula is C17H24N2O. The topological polar surface area (TPSA) is 34.2 Å². The summed E-state index contributed by atoms with van der Waals surface area (Å²) >= 11 is 0. The monoisotopic (exact) mass is 272 g/mol. The molecule has 0 aliphatic heterocycles. The number of benzene rings is 1. The molecule has 0 radical (unpaired) electrons. The van der Waals surface area contributed by atoms with Gasteiger partial charge in [0.15, 0.2) is 0 Å². The molecule has 1 aromatic carbocycles. The molecule has 3 heteroatoms. The molecule has 0 atom stereocenters. The van der Waals surface area contributed by atoms with Crippen LogP contribution in [0.4, 0.5) is 5.69 Å². The summed E-state index contributed by atoms with van der Waals surface area (Å²) in [7, 11) is 1.68. The minimum absolute atomic E-state index is 0.828. The van der Waals surface area contributed by atoms with E-state index in [1.807, 2.05) is 24.4 Å². The van der Waals surface area contributed by atoms with Crippen LogP contribution >= 0.6 is 0 Å². The van der Waals surface area contributed by atoms with Gasteiger partial charge in [0.05, 0.1) is 7.11 Å². The van der Waals surface area contributed by atoms with E-state index in [0.29, 0.717) is 0 Å². The summed E-state index contributed by atoms with van der Waals surface area (Å²) in [4.78, 5) is 4.42. The summed E-state index contributed by atoms with van der Waals surface area (Å²) in [6, 6.07) is 8.08. The van der Waals surface area contributed by atoms with E-state index in [0.717, 1.165) is 28.9 Å². The number of rotatable bonds is 8. The van der Waals surface area contributed by atoms with Crippen LogP contribution in [0.25, 0.3) is 10.9 Å². The van der Waals surface area contributed by atoms with Crippen molar-refractivity contribution in [1.82, 2.24) is 4.98 Å². The zero-order valence-electron chi connectivity index (χ0n) is 12.5. The zero-order valence-corrected chi connectivity index (χ0v) is 12.5. The maximum atomic E-state index is 5.36. The van der Waals surface area contributed by atoms with Crippen LogP contribution in [0.3, 0.4) is 0 Å². The molecule has 1 heterocycles. The van der Waals surface area contributed by atoms with Crippen LogP contribution in [0.5, 0.6) is 5.75 Å². The molecule has 3 nitrogen and oxygen atoms in total. The second kappa shape index (κ2) is 7.73. The molecule has 0 saturated heterocycles. The molecule has 0 spiro atoms. The first kappa shape index (κ1) is 14.6. The van der Waals surface area contributed by atoms with Crippen molar-refractivity contribution in [1.29, 1.82) is 0 Å². The third-order valence-electron chi connectivity index (χ3n) is 3.55. The van der Waals surface area contributed by atoms with Gasteiger partial charge in [-0.3, -0.25) is 4.98 Å². The number of nitrogens with zero attached hydrogens (tertiary/aromatic N) is 1. The van der Waals surface area contributed by atoms with Crippen LogP contribution < -0.4 is 10.1 Å². The number of para-hydroxylation sites is 1. The molecule has 20 heavy (non-hydrogen) atoms. The number of hydrogen-bond donors (Lipinski definition) is 1. The molecule has 1 N–H and O–H groups in total. The van der Waals surface area contributed by atoms with E-state index in [9.17, 15) is 0 Å². The molecule has 2 aromatic rings. The Morgan fingerprint density at radius 1 is 1.10 bits per heavy atom. The standard InChI is InChI=1S/C17H24N2O/c1-3-4-5-6-7-12-18-15-11-13-19-17-14(15)9-8-10-16(17)20-2/h8-11,13H,3-7,12H2,1-2H3,(H,18,19). The first-order chi connectivity index (χ1) is 9.86. The normalized spacial score (nSPS) is 10.7. The number of anilines is 1. The molecule has 0 amide bonds. The molecule has 1 aromatic heterocycles. The Bertz CT molecular complexity index is 540. The highest BCUT2D eigenvalue weighted by atomic mass is 16.5. The van der Waals surface area contributed by atoms with E-state index in [2.05, 4.69) is 23.3 Å². The van der Waals surface area contributed by atoms with E-state index >= 15 is 0 Å². The SMILES string of the molecule is CCCCCCCNc1ccnc2c(OC)cccc12. The van der Waals surface area contributed by atoms with Gasteiger partial charge in [-0.2, -0.15) is 0 Å². The lowest BCUT2D eigenvalue weighted by Crippen LogP contribution is -2.02. The third-order valence-corrected chi connectivity index (χ3v) is 3.55. The smallest absolute Gasteiger partial charge is 0.145 e. The molecular weight excluding hydrogens is 248 g/mol. The second-order valence-corrected chi connectivity index (χ2v) is 5.06. The quantitative estimate of drug-likeness (QED) is 0.712. The van der Waals surface area contributed by atoms with Crippen LogP contribution in [0.2, 0.25) is 0 Å². The summed E-state index contributed by atoms with van der Waals surface area (Å²) in [6.07, 6.45) is 8.33. The lowest BCUT2D eigenvalue weighted by Gasteiger charge is -2.11. The van der Waals surface area contributed by atoms with Crippen LogP contribution in [0.15, 0.2) is 30.5 Å². The van der Waals surface area contributed by atoms with Crippen molar-refractivity contribution in [2.45, 2.75) is 39.0 Å². The Morgan fingerprint density at radius 2 is 1.95 bits per heavy atom. The minimum atomic E-state index is 0.828. The van der Waals surface area contributed by atoms with Gasteiger partial charge >= 0.3 is 0 Å². The fourth-order valence-electron chi connectivity index (χ4n) is 2.42. The lowest BCUT2D eigenvalue weighted by molar-refractivity contribution is 0.419. The van der Waals surface area contributed by atoms with Crippen LogP contribution in [0.1, 0.15) is 39.0 Å². The molecule has 0 bridgehead atoms. The summed E-state index contributed by atoms with van der Waals surface area (Å²) in [5, 5.41) is 4.65. The molecule has 0 saturated carbocycles. The fraction of sp³-hybridized carbons (Fsp3) is 0.471. The van der Waals surface area contributed by atoms with Crippen molar-refractivity contribution in [2.24, 2.45) is 0 Å². The Hall–Kier alpha value is -1.77. The maximum absolute atomic E-state index is 5.36. The molecule has 2 rings (SSSR count). The van der Waals surface area contributed by atoms with Gasteiger partial charge in [-0.05, 0) is 18.6 Å². The molecule has 0 aliphatic rings. The third kappa shape index (κ3) is 3.62. The Balaban J connectivity index is 2.00. The van der Waals surface area contributed by atoms with E-state index < -0.39 is 0 Å². The fourth-order valence-corrected chi connectivity index (χ4v) is 2.42. The van der Waals surface area contributed by atoms with Gasteiger partial charge < -0.3 is 10.1 Å². The van der Waals surface area contributed by atoms with Crippen molar-refractivity contribution in [3.63, 3.8) is 0 Å². The number of aromatic nitrogens is 1. The van der Waals surface area contributed by atoms with Crippen molar-refractivity contribution >= 4 is 16.6 Å². The van der Waals surface area contributed by atoms with Gasteiger partial charge in [0.2, 0.25) is 0 Å². The van der Waals surface area contributed by atoms with Crippen molar-refractivity contribution in [2.75, 3.05) is 19.0 Å². The van der Waals surface area contributed by atoms with Gasteiger partial charge in [-0.15, -0.1) is 0 Å². The average molecular weight is 272 g/mol. The molecule has 0 aliphatic carbocycles. The van der Waals surface area contributed by atoms with E-state index in [-0.39, 0.29) is 0 Å². The maximum Gasteiger partial charge on any atom is 0.145 e. The minimum Gasteiger partial charge on any atom is -0.494 e. The molecule has 0 unspecified atom stereocenters. The predicted octanol–water partition coefficient (Wildman–Crippen LogP) is 4.63. The van der Waals surface area contributed by atoms with Crippen molar-refractivity contribution in [3.8, 4) is 5.75 Å². The van der Waals surface area contributed by atoms with Crippen LogP contribution in [0, 0.1) is 0 Å². The van der Waals surface area contributed by atoms with Crippen LogP contribution in [-0.2, 0) is 0 Å². The summed E-state index contributed by atoms with van der Waals surface area (Å²) < 4.78 is 5.36. The van der Waals surface area contributed by atoms with Crippen LogP contribution in [-0.4, -0.2) is 18.6 Å². The Labute approximate surface area is 121 Å². The number of pyridine rings is 1. The summed E-state index contributed by atoms with van der Waals surface area (Å²) in [5.41, 5.74) is 2.07. The van der Waals surface area contributed by atoms with Crippen molar-refractivity contribution in [3.05, 3.63) is 30.5 Å². The Kier molecular flexibility index (Phi) is 5.66. The first-order valence-corrected chi connectivity index (χ1v) is 7.52. The Morgan fingerprint density at radius 3 is 2.75 bits per heavy atom. The van der Waals surface area contributed by atoms with Gasteiger partial charge in [0.25, 0.3) is 0 Å². The first-order valence-electron chi connectivity index (χ1n) is 7.52. The largest absolute Gasteiger partial charge is 0.494 e. The van der Waals surface area contributed by atoms with Gasteiger partial charge in [0.1, 0.15) is 11.3 Å². The molecule has 108 valence electrons. The number of fused-ring (bicyclic) bond motifs is 1. The number of ether oxygens (including phenoxy) is 1. The number of hydrogen-bond acceptors (Lipinski definition) is 3. The van der Waals surface area contributed by atoms with E-state index in [1.165, 1.54) is 32.1 Å². The molecule has 0 fully saturated rings. The highest BCUT2D eigenvalue weighted by molar-refractivity contribution is 5.94. The average Bonchev–Trinajstić information content (AvgIpc) is 2.50. The van der Waals surface area contributed by atoms with E-state index in [1.54, 1.807) is 7.11 Å². The number of methoxy groups -OCH3 is 1. The predicted molar refractivity (Wildman–Crippen MR) is 85.5 cm³/mol. The lowest BCUT2D eigenvalue weighted by atomic mass is 10.1. The summed E-state index contributed by atoms with van der Waals surface area (Å²) in [5.74, 6) is 0.828. The highest BCUT2D eigenvalue weighted by Crippen LogP contribution is 2.28. The van der Waals surface area contributed by atoms with Gasteiger partial charge in [-0.1, -0.05) is 44.7 Å². The van der Waals surface area contributed by atoms with E-state index in [4.69, 9.17) is 4.74 Å².